The van der Waals surface area contributed by atoms with E-state index in [-0.39, 0.29) is 39.7 Å². The van der Waals surface area contributed by atoms with E-state index in [2.05, 4.69) is 89.9 Å². The summed E-state index contributed by atoms with van der Waals surface area (Å²) < 4.78 is 43.1. The number of nitro benzene ring substituents is 1. The summed E-state index contributed by atoms with van der Waals surface area (Å²) in [6.45, 7) is 13.1. The van der Waals surface area contributed by atoms with E-state index in [0.29, 0.717) is 73.8 Å². The normalized spacial score (nSPS) is 21.9. The van der Waals surface area contributed by atoms with E-state index in [4.69, 9.17) is 14.5 Å². The molecule has 1 atom stereocenters. The molecule has 6 heterocycles. The van der Waals surface area contributed by atoms with Crippen molar-refractivity contribution < 1.29 is 32.7 Å². The van der Waals surface area contributed by atoms with E-state index in [1.165, 1.54) is 23.0 Å². The summed E-state index contributed by atoms with van der Waals surface area (Å²) in [7, 11) is -3.08. The van der Waals surface area contributed by atoms with Crippen LogP contribution < -0.4 is 29.3 Å². The number of aromatic nitrogens is 4. The first-order chi connectivity index (χ1) is 39.0. The number of anilines is 4. The molecule has 4 fully saturated rings. The van der Waals surface area contributed by atoms with Crippen molar-refractivity contribution in [3.8, 4) is 11.6 Å². The van der Waals surface area contributed by atoms with Gasteiger partial charge in [-0.15, -0.1) is 0 Å². The minimum Gasteiger partial charge on any atom is -0.497 e. The highest BCUT2D eigenvalue weighted by Crippen LogP contribution is 2.54. The SMILES string of the molecule is COc1ccc(CN2CCN(C3CC4(CCN(c5ccc(C(=O)NS(=O)(=O)c6cc([N+](=O)[O-])c(NCC7CCC(C)(O)CC7)c7[nH]cnc67)c(N6CCCOc7nc8[nH]ccc8cc76)c5)CC4)C3)C(c3ccccc3C(C)C)C2)cc1. The van der Waals surface area contributed by atoms with Crippen LogP contribution in [0.2, 0.25) is 0 Å². The molecule has 0 bridgehead atoms. The Bertz CT molecular complexity index is 3580. The lowest BCUT2D eigenvalue weighted by molar-refractivity contribution is -0.384. The molecular weight excluding hydrogens is 1050 g/mol. The van der Waals surface area contributed by atoms with Crippen LogP contribution in [0.4, 0.5) is 28.4 Å². The number of ether oxygens (including phenoxy) is 2. The molecule has 7 aromatic rings. The van der Waals surface area contributed by atoms with Crippen LogP contribution in [0.5, 0.6) is 11.6 Å². The third-order valence-corrected chi connectivity index (χ3v) is 19.6. The number of nitro groups is 1. The van der Waals surface area contributed by atoms with E-state index in [9.17, 15) is 28.4 Å². The van der Waals surface area contributed by atoms with Gasteiger partial charge in [-0.1, -0.05) is 50.2 Å². The Morgan fingerprint density at radius 2 is 1.73 bits per heavy atom. The summed E-state index contributed by atoms with van der Waals surface area (Å²) >= 11 is 0. The molecule has 5 N–H and O–H groups in total. The molecule has 19 nitrogen and oxygen atoms in total. The second kappa shape index (κ2) is 21.9. The van der Waals surface area contributed by atoms with Gasteiger partial charge in [0.15, 0.2) is 0 Å². The first kappa shape index (κ1) is 54.3. The van der Waals surface area contributed by atoms with Crippen molar-refractivity contribution in [2.75, 3.05) is 74.6 Å². The van der Waals surface area contributed by atoms with Crippen LogP contribution in [-0.4, -0.2) is 125 Å². The predicted molar refractivity (Wildman–Crippen MR) is 313 cm³/mol. The molecule has 12 rings (SSSR count). The Morgan fingerprint density at radius 1 is 0.951 bits per heavy atom. The molecule has 1 spiro atoms. The number of aliphatic hydroxyl groups is 1. The zero-order valence-corrected chi connectivity index (χ0v) is 47.4. The number of carbonyl (C=O) groups excluding carboxylic acids is 1. The number of piperidine rings is 1. The highest BCUT2D eigenvalue weighted by molar-refractivity contribution is 7.90. The number of sulfonamides is 1. The average Bonchev–Trinajstić information content (AvgIpc) is 4.23. The molecule has 0 radical (unpaired) electrons. The van der Waals surface area contributed by atoms with E-state index in [0.717, 1.165) is 101 Å². The molecule has 2 saturated carbocycles. The number of aromatic amines is 2. The van der Waals surface area contributed by atoms with Gasteiger partial charge in [0.25, 0.3) is 21.6 Å². The monoisotopic (exact) mass is 1120 g/mol. The number of amides is 1. The van der Waals surface area contributed by atoms with Crippen molar-refractivity contribution in [1.82, 2.24) is 34.5 Å². The maximum absolute atomic E-state index is 14.8. The van der Waals surface area contributed by atoms with Gasteiger partial charge in [0.2, 0.25) is 5.88 Å². The van der Waals surface area contributed by atoms with Gasteiger partial charge in [-0.2, -0.15) is 4.98 Å². The van der Waals surface area contributed by atoms with Gasteiger partial charge in [-0.05, 0) is 141 Å². The van der Waals surface area contributed by atoms with E-state index >= 15 is 0 Å². The highest BCUT2D eigenvalue weighted by Gasteiger charge is 2.50. The number of methoxy groups -OCH3 is 1. The van der Waals surface area contributed by atoms with Gasteiger partial charge in [0.05, 0.1) is 47.3 Å². The zero-order chi connectivity index (χ0) is 56.2. The van der Waals surface area contributed by atoms with Crippen LogP contribution in [0.3, 0.4) is 0 Å². The number of imidazole rings is 1. The van der Waals surface area contributed by atoms with Crippen molar-refractivity contribution in [2.24, 2.45) is 11.3 Å². The van der Waals surface area contributed by atoms with Crippen LogP contribution >= 0.6 is 0 Å². The molecule has 81 heavy (non-hydrogen) atoms. The van der Waals surface area contributed by atoms with Gasteiger partial charge in [0.1, 0.15) is 33.2 Å². The van der Waals surface area contributed by atoms with Crippen LogP contribution in [0.1, 0.15) is 118 Å². The standard InChI is InChI=1S/C61H73N11O8S/c1-39(2)46-8-5-6-9-47(46)52-37-68(36-41-10-13-45(79-4)14-11-41)27-28-70(52)44-33-61(34-44)21-25-69(26-22-61)43-12-15-48(49(31-43)71-24-7-29-80-59-51(71)30-42-18-23-62-57(42)66-59)58(73)67-81(77,78)53-32-50(72(75)76)54(56-55(53)64-38-65-56)63-35-40-16-19-60(3,74)20-17-40/h5-6,8-15,18,23,30-32,38-40,44,52,63,74H,7,16-17,19-22,24-29,33-37H2,1-4H3,(H,62,66)(H,64,65)(H,67,73). The number of H-pyrrole nitrogens is 2. The van der Waals surface area contributed by atoms with E-state index in [1.807, 2.05) is 48.2 Å². The lowest BCUT2D eigenvalue weighted by atomic mass is 9.59. The van der Waals surface area contributed by atoms with E-state index < -0.39 is 37.0 Å². The number of hydrogen-bond donors (Lipinski definition) is 5. The topological polar surface area (TPSA) is 227 Å². The first-order valence-corrected chi connectivity index (χ1v) is 30.2. The summed E-state index contributed by atoms with van der Waals surface area (Å²) in [5.41, 5.74) is 6.09. The summed E-state index contributed by atoms with van der Waals surface area (Å²) in [6.07, 6.45) is 10.7. The fourth-order valence-electron chi connectivity index (χ4n) is 13.6. The lowest BCUT2D eigenvalue weighted by Crippen LogP contribution is -2.60. The number of nitrogens with one attached hydrogen (secondary N) is 4. The Hall–Kier alpha value is -7.26. The average molecular weight is 1120 g/mol. The molecule has 2 saturated heterocycles. The summed E-state index contributed by atoms with van der Waals surface area (Å²) in [4.78, 5) is 51.4. The second-order valence-corrected chi connectivity index (χ2v) is 25.5. The second-order valence-electron chi connectivity index (χ2n) is 23.9. The van der Waals surface area contributed by atoms with Gasteiger partial charge in [-0.25, -0.2) is 18.1 Å². The molecule has 20 heteroatoms. The Labute approximate surface area is 472 Å². The number of fused-ring (bicyclic) bond motifs is 3. The first-order valence-electron chi connectivity index (χ1n) is 28.7. The minimum absolute atomic E-state index is 0.0500. The number of piperazine rings is 1. The van der Waals surface area contributed by atoms with Gasteiger partial charge in [0, 0.05) is 87.8 Å². The van der Waals surface area contributed by atoms with Crippen molar-refractivity contribution in [3.63, 3.8) is 0 Å². The third kappa shape index (κ3) is 10.9. The van der Waals surface area contributed by atoms with Crippen molar-refractivity contribution >= 4 is 66.4 Å². The molecule has 3 aromatic heterocycles. The molecule has 426 valence electrons. The molecule has 1 unspecified atom stereocenters. The Kier molecular flexibility index (Phi) is 14.7. The molecule has 3 aliphatic heterocycles. The van der Waals surface area contributed by atoms with Crippen LogP contribution in [0.15, 0.2) is 102 Å². The van der Waals surface area contributed by atoms with Gasteiger partial charge < -0.3 is 39.7 Å². The molecule has 1 amide bonds. The Balaban J connectivity index is 0.796. The predicted octanol–water partition coefficient (Wildman–Crippen LogP) is 10.2. The quantitative estimate of drug-likeness (QED) is 0.0475. The number of carbonyl (C=O) groups is 1. The number of pyridine rings is 1. The number of hydrogen-bond acceptors (Lipinski definition) is 15. The maximum Gasteiger partial charge on any atom is 0.296 e. The molecule has 2 aliphatic carbocycles. The van der Waals surface area contributed by atoms with Crippen molar-refractivity contribution in [3.05, 3.63) is 130 Å². The molecule has 5 aliphatic rings. The zero-order valence-electron chi connectivity index (χ0n) is 46.6. The van der Waals surface area contributed by atoms with Crippen LogP contribution in [0.25, 0.3) is 22.1 Å². The number of nitrogens with zero attached hydrogens (tertiary/aromatic N) is 7. The van der Waals surface area contributed by atoms with Crippen molar-refractivity contribution in [1.29, 1.82) is 0 Å². The summed E-state index contributed by atoms with van der Waals surface area (Å²) in [5, 5.41) is 27.2. The lowest BCUT2D eigenvalue weighted by Gasteiger charge is -2.58. The fourth-order valence-corrected chi connectivity index (χ4v) is 14.7. The van der Waals surface area contributed by atoms with Crippen molar-refractivity contribution in [2.45, 2.75) is 114 Å². The Morgan fingerprint density at radius 3 is 2.48 bits per heavy atom. The highest BCUT2D eigenvalue weighted by atomic mass is 32.2. The van der Waals surface area contributed by atoms with Crippen LogP contribution in [0, 0.1) is 21.4 Å². The summed E-state index contributed by atoms with van der Waals surface area (Å²) in [6, 6.07) is 28.6. The van der Waals surface area contributed by atoms with Gasteiger partial charge >= 0.3 is 0 Å². The summed E-state index contributed by atoms with van der Waals surface area (Å²) in [5.74, 6) is 0.898. The minimum atomic E-state index is -4.78. The molecular formula is C61H73N11O8S. The van der Waals surface area contributed by atoms with Crippen LogP contribution in [-0.2, 0) is 16.6 Å². The maximum atomic E-state index is 14.8. The molecule has 4 aromatic carbocycles. The van der Waals surface area contributed by atoms with Gasteiger partial charge in [-0.3, -0.25) is 24.7 Å². The smallest absolute Gasteiger partial charge is 0.296 e. The largest absolute Gasteiger partial charge is 0.497 e. The fraction of sp³-hybridized carbons (Fsp3) is 0.459. The van der Waals surface area contributed by atoms with E-state index in [1.54, 1.807) is 19.4 Å². The third-order valence-electron chi connectivity index (χ3n) is 18.2. The number of rotatable bonds is 15. The number of benzene rings is 4.